The summed E-state index contributed by atoms with van der Waals surface area (Å²) in [6.07, 6.45) is -5.50. The van der Waals surface area contributed by atoms with Gasteiger partial charge in [0.25, 0.3) is 5.54 Å². The number of nitrogens with zero attached hydrogens (tertiary/aromatic N) is 2. The molecule has 0 aromatic rings. The van der Waals surface area contributed by atoms with Gasteiger partial charge in [0.2, 0.25) is 0 Å². The average Bonchev–Trinajstić information content (AvgIpc) is 2.30. The van der Waals surface area contributed by atoms with E-state index in [1.807, 2.05) is 0 Å². The molecule has 4 nitrogen and oxygen atoms in total. The summed E-state index contributed by atoms with van der Waals surface area (Å²) in [6.45, 7) is 1.39. The Bertz CT molecular complexity index is 263. The van der Waals surface area contributed by atoms with E-state index in [1.165, 1.54) is 6.92 Å². The zero-order valence-electron chi connectivity index (χ0n) is 6.67. The van der Waals surface area contributed by atoms with E-state index >= 15 is 0 Å². The molecule has 0 aromatic heterocycles. The summed E-state index contributed by atoms with van der Waals surface area (Å²) in [5.74, 6) is -1.99. The van der Waals surface area contributed by atoms with Crippen LogP contribution in [0.3, 0.4) is 0 Å². The Hall–Kier alpha value is -1.14. The molecule has 1 aliphatic heterocycles. The number of hydrogen-bond acceptors (Lipinski definition) is 3. The minimum atomic E-state index is -4.88. The van der Waals surface area contributed by atoms with E-state index in [4.69, 9.17) is 5.11 Å². The minimum Gasteiger partial charge on any atom is -0.479 e. The molecule has 0 fully saturated rings. The highest BCUT2D eigenvalue weighted by Gasteiger charge is 2.64. The van der Waals surface area contributed by atoms with E-state index in [2.05, 4.69) is 10.2 Å². The minimum absolute atomic E-state index is 0.619. The predicted molar refractivity (Wildman–Crippen MR) is 35.4 cm³/mol. The van der Waals surface area contributed by atoms with Crippen molar-refractivity contribution >= 4 is 5.97 Å². The fourth-order valence-electron chi connectivity index (χ4n) is 1.13. The van der Waals surface area contributed by atoms with Crippen LogP contribution in [0.5, 0.6) is 0 Å². The van der Waals surface area contributed by atoms with Crippen molar-refractivity contribution in [3.05, 3.63) is 0 Å². The molecule has 0 aliphatic carbocycles. The molecule has 1 heterocycles. The lowest BCUT2D eigenvalue weighted by Gasteiger charge is -2.22. The summed E-state index contributed by atoms with van der Waals surface area (Å²) in [4.78, 5) is 10.4. The van der Waals surface area contributed by atoms with Gasteiger partial charge in [-0.05, 0) is 6.92 Å². The van der Waals surface area contributed by atoms with Crippen LogP contribution in [0.4, 0.5) is 13.2 Å². The fourth-order valence-corrected chi connectivity index (χ4v) is 1.13. The molecular formula is C6H7F3N2O2. The quantitative estimate of drug-likeness (QED) is 0.692. The van der Waals surface area contributed by atoms with Crippen molar-refractivity contribution in [2.45, 2.75) is 31.1 Å². The monoisotopic (exact) mass is 196 g/mol. The Labute approximate surface area is 71.5 Å². The van der Waals surface area contributed by atoms with Gasteiger partial charge in [-0.2, -0.15) is 23.4 Å². The van der Waals surface area contributed by atoms with Crippen molar-refractivity contribution in [3.8, 4) is 0 Å². The second kappa shape index (κ2) is 2.68. The molecule has 1 aliphatic rings. The van der Waals surface area contributed by atoms with E-state index in [0.29, 0.717) is 0 Å². The van der Waals surface area contributed by atoms with E-state index in [9.17, 15) is 18.0 Å². The maximum absolute atomic E-state index is 12.3. The Balaban J connectivity index is 3.06. The summed E-state index contributed by atoms with van der Waals surface area (Å²) in [5, 5.41) is 14.5. The second-order valence-corrected chi connectivity index (χ2v) is 2.93. The van der Waals surface area contributed by atoms with Crippen LogP contribution in [0.2, 0.25) is 0 Å². The maximum atomic E-state index is 12.3. The highest BCUT2D eigenvalue weighted by Crippen LogP contribution is 2.41. The number of halogens is 3. The summed E-state index contributed by atoms with van der Waals surface area (Å²) in [6, 6.07) is -0.697. The first-order valence-corrected chi connectivity index (χ1v) is 3.52. The number of carboxylic acids is 1. The van der Waals surface area contributed by atoms with Crippen LogP contribution in [-0.2, 0) is 4.79 Å². The smallest absolute Gasteiger partial charge is 0.426 e. The maximum Gasteiger partial charge on any atom is 0.426 e. The van der Waals surface area contributed by atoms with Crippen LogP contribution in [0.1, 0.15) is 13.3 Å². The van der Waals surface area contributed by atoms with Gasteiger partial charge in [0.1, 0.15) is 0 Å². The van der Waals surface area contributed by atoms with E-state index in [0.717, 1.165) is 0 Å². The molecule has 0 saturated carbocycles. The van der Waals surface area contributed by atoms with Crippen molar-refractivity contribution in [1.82, 2.24) is 0 Å². The molecule has 2 unspecified atom stereocenters. The molecule has 1 N–H and O–H groups in total. The van der Waals surface area contributed by atoms with Crippen LogP contribution >= 0.6 is 0 Å². The Morgan fingerprint density at radius 2 is 2.15 bits per heavy atom. The van der Waals surface area contributed by atoms with Crippen LogP contribution < -0.4 is 0 Å². The van der Waals surface area contributed by atoms with Gasteiger partial charge in [0, 0.05) is 6.42 Å². The van der Waals surface area contributed by atoms with Gasteiger partial charge >= 0.3 is 12.1 Å². The molecule has 1 rings (SSSR count). The van der Waals surface area contributed by atoms with Crippen LogP contribution in [-0.4, -0.2) is 28.8 Å². The molecule has 2 atom stereocenters. The third kappa shape index (κ3) is 1.38. The van der Waals surface area contributed by atoms with Crippen molar-refractivity contribution in [2.75, 3.05) is 0 Å². The summed E-state index contributed by atoms with van der Waals surface area (Å²) < 4.78 is 36.9. The zero-order chi connectivity index (χ0) is 10.3. The van der Waals surface area contributed by atoms with Crippen LogP contribution in [0.25, 0.3) is 0 Å². The van der Waals surface area contributed by atoms with Gasteiger partial charge in [0.05, 0.1) is 6.04 Å². The normalized spacial score (nSPS) is 33.7. The Morgan fingerprint density at radius 3 is 2.31 bits per heavy atom. The fraction of sp³-hybridized carbons (Fsp3) is 0.833. The molecule has 13 heavy (non-hydrogen) atoms. The van der Waals surface area contributed by atoms with Gasteiger partial charge in [-0.15, -0.1) is 0 Å². The Morgan fingerprint density at radius 1 is 1.62 bits per heavy atom. The summed E-state index contributed by atoms with van der Waals surface area (Å²) in [7, 11) is 0. The summed E-state index contributed by atoms with van der Waals surface area (Å²) >= 11 is 0. The number of alkyl halides is 3. The lowest BCUT2D eigenvalue weighted by molar-refractivity contribution is -0.201. The van der Waals surface area contributed by atoms with Gasteiger partial charge in [-0.25, -0.2) is 4.79 Å². The van der Waals surface area contributed by atoms with Crippen molar-refractivity contribution in [1.29, 1.82) is 0 Å². The first-order valence-electron chi connectivity index (χ1n) is 3.52. The molecule has 74 valence electrons. The highest BCUT2D eigenvalue weighted by atomic mass is 19.4. The topological polar surface area (TPSA) is 62.0 Å². The number of hydrogen-bond donors (Lipinski definition) is 1. The van der Waals surface area contributed by atoms with Crippen LogP contribution in [0, 0.1) is 0 Å². The molecular weight excluding hydrogens is 189 g/mol. The summed E-state index contributed by atoms with van der Waals surface area (Å²) in [5.41, 5.74) is -3.02. The van der Waals surface area contributed by atoms with E-state index in [-0.39, 0.29) is 0 Å². The van der Waals surface area contributed by atoms with Gasteiger partial charge in [0.15, 0.2) is 0 Å². The lowest BCUT2D eigenvalue weighted by Crippen LogP contribution is -2.49. The van der Waals surface area contributed by atoms with Gasteiger partial charge in [-0.3, -0.25) is 0 Å². The highest BCUT2D eigenvalue weighted by molar-refractivity contribution is 5.80. The predicted octanol–water partition coefficient (Wildman–Crippen LogP) is 1.62. The zero-order valence-corrected chi connectivity index (χ0v) is 6.67. The third-order valence-electron chi connectivity index (χ3n) is 1.84. The van der Waals surface area contributed by atoms with Gasteiger partial charge in [-0.1, -0.05) is 0 Å². The van der Waals surface area contributed by atoms with Gasteiger partial charge < -0.3 is 5.11 Å². The standard InChI is InChI=1S/C6H7F3N2O2/c1-3-2-5(4(12)13,11-10-3)6(7,8)9/h3H,2H2,1H3,(H,12,13). The molecule has 7 heteroatoms. The SMILES string of the molecule is CC1CC(C(=O)O)(C(F)(F)F)N=N1. The Kier molecular flexibility index (Phi) is 2.05. The van der Waals surface area contributed by atoms with Crippen molar-refractivity contribution in [3.63, 3.8) is 0 Å². The largest absolute Gasteiger partial charge is 0.479 e. The van der Waals surface area contributed by atoms with E-state index in [1.54, 1.807) is 0 Å². The number of rotatable bonds is 1. The number of aliphatic carboxylic acids is 1. The van der Waals surface area contributed by atoms with Crippen LogP contribution in [0.15, 0.2) is 10.2 Å². The number of azo groups is 1. The average molecular weight is 196 g/mol. The number of carbonyl (C=O) groups is 1. The first-order chi connectivity index (χ1) is 5.79. The lowest BCUT2D eigenvalue weighted by atomic mass is 9.94. The molecule has 0 radical (unpaired) electrons. The molecule has 0 spiro atoms. The third-order valence-corrected chi connectivity index (χ3v) is 1.84. The molecule has 0 aromatic carbocycles. The van der Waals surface area contributed by atoms with Crippen molar-refractivity contribution in [2.24, 2.45) is 10.2 Å². The van der Waals surface area contributed by atoms with E-state index < -0.39 is 30.1 Å². The molecule has 0 amide bonds. The number of carboxylic acid groups (broad SMARTS) is 1. The second-order valence-electron chi connectivity index (χ2n) is 2.93. The van der Waals surface area contributed by atoms with Crippen molar-refractivity contribution < 1.29 is 23.1 Å². The first kappa shape index (κ1) is 9.94. The molecule has 0 bridgehead atoms. The molecule has 0 saturated heterocycles.